The summed E-state index contributed by atoms with van der Waals surface area (Å²) in [4.78, 5) is 14.9. The van der Waals surface area contributed by atoms with Gasteiger partial charge in [-0.05, 0) is 32.0 Å². The van der Waals surface area contributed by atoms with Gasteiger partial charge in [-0.2, -0.15) is 5.10 Å². The van der Waals surface area contributed by atoms with Crippen molar-refractivity contribution < 1.29 is 14.3 Å². The molecule has 1 aliphatic rings. The summed E-state index contributed by atoms with van der Waals surface area (Å²) in [5, 5.41) is 7.74. The third-order valence-electron chi connectivity index (χ3n) is 4.36. The van der Waals surface area contributed by atoms with Gasteiger partial charge in [0, 0.05) is 30.9 Å². The number of carbonyl (C=O) groups excluding carboxylic acids is 1. The first-order chi connectivity index (χ1) is 12.9. The average Bonchev–Trinajstić information content (AvgIpc) is 3.08. The zero-order chi connectivity index (χ0) is 19.3. The van der Waals surface area contributed by atoms with Crippen molar-refractivity contribution in [3.63, 3.8) is 0 Å². The minimum atomic E-state index is -1.05. The summed E-state index contributed by atoms with van der Waals surface area (Å²) in [6, 6.07) is 6.99. The summed E-state index contributed by atoms with van der Waals surface area (Å²) >= 11 is 5.97. The van der Waals surface area contributed by atoms with Gasteiger partial charge in [-0.15, -0.1) is 0 Å². The monoisotopic (exact) mass is 392 g/mol. The van der Waals surface area contributed by atoms with E-state index in [0.29, 0.717) is 16.5 Å². The van der Waals surface area contributed by atoms with Gasteiger partial charge in [0.15, 0.2) is 5.60 Å². The Kier molecular flexibility index (Phi) is 6.36. The molecule has 1 aromatic heterocycles. The number of rotatable bonds is 7. The Morgan fingerprint density at radius 2 is 2.11 bits per heavy atom. The number of hydrogen-bond donors (Lipinski definition) is 1. The maximum absolute atomic E-state index is 12.6. The van der Waals surface area contributed by atoms with Crippen molar-refractivity contribution in [1.29, 1.82) is 0 Å². The Labute approximate surface area is 164 Å². The van der Waals surface area contributed by atoms with Crippen LogP contribution in [0.1, 0.15) is 13.8 Å². The molecule has 1 N–H and O–H groups in total. The molecule has 7 nitrogen and oxygen atoms in total. The molecule has 1 saturated heterocycles. The second-order valence-electron chi connectivity index (χ2n) is 6.97. The lowest BCUT2D eigenvalue weighted by Crippen LogP contribution is -2.42. The maximum Gasteiger partial charge on any atom is 0.268 e. The molecular formula is C19H25ClN4O3. The van der Waals surface area contributed by atoms with E-state index < -0.39 is 5.60 Å². The highest BCUT2D eigenvalue weighted by molar-refractivity contribution is 6.30. The number of amides is 1. The van der Waals surface area contributed by atoms with Crippen molar-refractivity contribution >= 4 is 23.2 Å². The number of halogens is 1. The summed E-state index contributed by atoms with van der Waals surface area (Å²) in [7, 11) is 0. The fourth-order valence-electron chi connectivity index (χ4n) is 2.77. The number of hydrogen-bond acceptors (Lipinski definition) is 5. The van der Waals surface area contributed by atoms with Crippen molar-refractivity contribution in [2.75, 3.05) is 38.2 Å². The molecule has 1 aliphatic heterocycles. The largest absolute Gasteiger partial charge is 0.478 e. The molecule has 27 heavy (non-hydrogen) atoms. The Morgan fingerprint density at radius 3 is 2.85 bits per heavy atom. The Balaban J connectivity index is 1.53. The van der Waals surface area contributed by atoms with E-state index in [2.05, 4.69) is 15.3 Å². The molecule has 2 heterocycles. The predicted octanol–water partition coefficient (Wildman–Crippen LogP) is 2.66. The van der Waals surface area contributed by atoms with Crippen LogP contribution in [0, 0.1) is 0 Å². The zero-order valence-corrected chi connectivity index (χ0v) is 16.4. The molecule has 1 amide bonds. The first kappa shape index (κ1) is 19.7. The quantitative estimate of drug-likeness (QED) is 0.784. The molecule has 0 bridgehead atoms. The SMILES string of the molecule is CC(C)(Oc1cccc(Cl)c1)C(=O)Nc1cnn(CCN2CCOCC2)c1. The summed E-state index contributed by atoms with van der Waals surface area (Å²) in [6.45, 7) is 8.54. The van der Waals surface area contributed by atoms with Crippen LogP contribution in [0.5, 0.6) is 5.75 Å². The maximum atomic E-state index is 12.6. The first-order valence-corrected chi connectivity index (χ1v) is 9.39. The van der Waals surface area contributed by atoms with Crippen molar-refractivity contribution in [1.82, 2.24) is 14.7 Å². The number of nitrogens with one attached hydrogen (secondary N) is 1. The van der Waals surface area contributed by atoms with E-state index in [9.17, 15) is 4.79 Å². The molecule has 1 aromatic carbocycles. The Bertz CT molecular complexity index is 772. The summed E-state index contributed by atoms with van der Waals surface area (Å²) in [5.41, 5.74) is -0.412. The third-order valence-corrected chi connectivity index (χ3v) is 4.59. The lowest BCUT2D eigenvalue weighted by molar-refractivity contribution is -0.128. The summed E-state index contributed by atoms with van der Waals surface area (Å²) in [5.74, 6) is 0.291. The molecule has 0 saturated carbocycles. The normalized spacial score (nSPS) is 15.5. The van der Waals surface area contributed by atoms with Crippen LogP contribution in [-0.4, -0.2) is 59.0 Å². The summed E-state index contributed by atoms with van der Waals surface area (Å²) in [6.07, 6.45) is 3.47. The molecule has 0 spiro atoms. The molecule has 8 heteroatoms. The Hall–Kier alpha value is -2.09. The minimum Gasteiger partial charge on any atom is -0.478 e. The molecule has 2 aromatic rings. The number of anilines is 1. The van der Waals surface area contributed by atoms with Crippen LogP contribution in [-0.2, 0) is 16.1 Å². The van der Waals surface area contributed by atoms with Crippen LogP contribution >= 0.6 is 11.6 Å². The first-order valence-electron chi connectivity index (χ1n) is 9.01. The highest BCUT2D eigenvalue weighted by Gasteiger charge is 2.30. The summed E-state index contributed by atoms with van der Waals surface area (Å²) < 4.78 is 13.0. The molecule has 0 unspecified atom stereocenters. The van der Waals surface area contributed by atoms with Gasteiger partial charge < -0.3 is 14.8 Å². The van der Waals surface area contributed by atoms with Gasteiger partial charge in [0.2, 0.25) is 0 Å². The van der Waals surface area contributed by atoms with Crippen LogP contribution in [0.3, 0.4) is 0 Å². The van der Waals surface area contributed by atoms with Gasteiger partial charge in [-0.3, -0.25) is 14.4 Å². The zero-order valence-electron chi connectivity index (χ0n) is 15.7. The van der Waals surface area contributed by atoms with E-state index in [1.807, 2.05) is 10.9 Å². The molecule has 0 aliphatic carbocycles. The van der Waals surface area contributed by atoms with Gasteiger partial charge in [-0.25, -0.2) is 0 Å². The van der Waals surface area contributed by atoms with Gasteiger partial charge in [0.25, 0.3) is 5.91 Å². The second-order valence-corrected chi connectivity index (χ2v) is 7.41. The van der Waals surface area contributed by atoms with E-state index in [1.165, 1.54) is 0 Å². The number of morpholine rings is 1. The van der Waals surface area contributed by atoms with Crippen molar-refractivity contribution in [3.05, 3.63) is 41.7 Å². The molecule has 146 valence electrons. The van der Waals surface area contributed by atoms with Gasteiger partial charge in [0.05, 0.1) is 31.6 Å². The van der Waals surface area contributed by atoms with E-state index >= 15 is 0 Å². The molecule has 1 fully saturated rings. The van der Waals surface area contributed by atoms with E-state index in [1.54, 1.807) is 44.3 Å². The van der Waals surface area contributed by atoms with Gasteiger partial charge >= 0.3 is 0 Å². The number of benzene rings is 1. The second kappa shape index (κ2) is 8.73. The van der Waals surface area contributed by atoms with Gasteiger partial charge in [-0.1, -0.05) is 17.7 Å². The van der Waals surface area contributed by atoms with E-state index in [-0.39, 0.29) is 5.91 Å². The van der Waals surface area contributed by atoms with Crippen molar-refractivity contribution in [2.45, 2.75) is 26.0 Å². The number of ether oxygens (including phenoxy) is 2. The lowest BCUT2D eigenvalue weighted by Gasteiger charge is -2.26. The number of carbonyl (C=O) groups is 1. The van der Waals surface area contributed by atoms with E-state index in [0.717, 1.165) is 39.4 Å². The van der Waals surface area contributed by atoms with E-state index in [4.69, 9.17) is 21.1 Å². The molecule has 3 rings (SSSR count). The third kappa shape index (κ3) is 5.69. The molecule has 0 atom stereocenters. The van der Waals surface area contributed by atoms with Crippen LogP contribution in [0.2, 0.25) is 5.02 Å². The van der Waals surface area contributed by atoms with Crippen LogP contribution in [0.25, 0.3) is 0 Å². The average molecular weight is 393 g/mol. The predicted molar refractivity (Wildman–Crippen MR) is 104 cm³/mol. The van der Waals surface area contributed by atoms with Crippen LogP contribution in [0.4, 0.5) is 5.69 Å². The number of nitrogens with zero attached hydrogens (tertiary/aromatic N) is 3. The smallest absolute Gasteiger partial charge is 0.268 e. The van der Waals surface area contributed by atoms with Crippen LogP contribution in [0.15, 0.2) is 36.7 Å². The number of aromatic nitrogens is 2. The van der Waals surface area contributed by atoms with Crippen molar-refractivity contribution in [2.24, 2.45) is 0 Å². The topological polar surface area (TPSA) is 68.6 Å². The van der Waals surface area contributed by atoms with Crippen molar-refractivity contribution in [3.8, 4) is 5.75 Å². The lowest BCUT2D eigenvalue weighted by atomic mass is 10.1. The van der Waals surface area contributed by atoms with Crippen LogP contribution < -0.4 is 10.1 Å². The fourth-order valence-corrected chi connectivity index (χ4v) is 2.95. The highest BCUT2D eigenvalue weighted by Crippen LogP contribution is 2.23. The standard InChI is InChI=1S/C19H25ClN4O3/c1-19(2,27-17-5-3-4-15(20)12-17)18(25)22-16-13-21-24(14-16)7-6-23-8-10-26-11-9-23/h3-5,12-14H,6-11H2,1-2H3,(H,22,25). The fraction of sp³-hybridized carbons (Fsp3) is 0.474. The molecular weight excluding hydrogens is 368 g/mol. The molecule has 0 radical (unpaired) electrons. The minimum absolute atomic E-state index is 0.254. The van der Waals surface area contributed by atoms with Gasteiger partial charge in [0.1, 0.15) is 5.75 Å². The Morgan fingerprint density at radius 1 is 1.33 bits per heavy atom. The highest BCUT2D eigenvalue weighted by atomic mass is 35.5.